The number of carbonyl (C=O) groups is 1. The van der Waals surface area contributed by atoms with E-state index in [9.17, 15) is 4.79 Å². The molecule has 2 aromatic heterocycles. The molecule has 5 heteroatoms. The zero-order valence-electron chi connectivity index (χ0n) is 8.71. The van der Waals surface area contributed by atoms with Crippen LogP contribution in [0.2, 0.25) is 0 Å². The van der Waals surface area contributed by atoms with E-state index < -0.39 is 0 Å². The summed E-state index contributed by atoms with van der Waals surface area (Å²) in [6.07, 6.45) is 3.41. The van der Waals surface area contributed by atoms with Crippen molar-refractivity contribution in [1.29, 1.82) is 0 Å². The Balaban J connectivity index is 2.33. The molecule has 0 unspecified atom stereocenters. The number of amides is 1. The number of fused-ring (bicyclic) bond motifs is 1. The number of nitrogens with zero attached hydrogens (tertiary/aromatic N) is 4. The fourth-order valence-electron chi connectivity index (χ4n) is 1.30. The van der Waals surface area contributed by atoms with E-state index in [4.69, 9.17) is 0 Å². The third-order valence-corrected chi connectivity index (χ3v) is 2.18. The molecule has 0 bridgehead atoms. The summed E-state index contributed by atoms with van der Waals surface area (Å²) in [6, 6.07) is 3.77. The van der Waals surface area contributed by atoms with Crippen molar-refractivity contribution in [3.63, 3.8) is 0 Å². The van der Waals surface area contributed by atoms with Gasteiger partial charge in [-0.1, -0.05) is 0 Å². The number of likely N-dealkylation sites (N-methyl/N-ethyl adjacent to an activating group) is 1. The summed E-state index contributed by atoms with van der Waals surface area (Å²) in [5.41, 5.74) is 0.743. The van der Waals surface area contributed by atoms with Crippen LogP contribution in [0.15, 0.2) is 24.5 Å². The molecule has 2 aromatic rings. The molecule has 0 radical (unpaired) electrons. The fraction of sp³-hybridized carbons (Fsp3) is 0.300. The number of pyridine rings is 1. The van der Waals surface area contributed by atoms with Crippen molar-refractivity contribution in [2.24, 2.45) is 0 Å². The van der Waals surface area contributed by atoms with Gasteiger partial charge in [0, 0.05) is 25.7 Å². The van der Waals surface area contributed by atoms with E-state index >= 15 is 0 Å². The quantitative estimate of drug-likeness (QED) is 0.716. The molecular weight excluding hydrogens is 192 g/mol. The molecule has 2 rings (SSSR count). The number of rotatable bonds is 2. The van der Waals surface area contributed by atoms with Gasteiger partial charge in [0.2, 0.25) is 5.91 Å². The Kier molecular flexibility index (Phi) is 2.37. The van der Waals surface area contributed by atoms with Crippen LogP contribution in [0.3, 0.4) is 0 Å². The second-order valence-electron chi connectivity index (χ2n) is 3.51. The van der Waals surface area contributed by atoms with E-state index in [0.29, 0.717) is 0 Å². The molecule has 0 saturated carbocycles. The highest BCUT2D eigenvalue weighted by atomic mass is 16.2. The van der Waals surface area contributed by atoms with Crippen molar-refractivity contribution < 1.29 is 4.79 Å². The Morgan fingerprint density at radius 1 is 1.53 bits per heavy atom. The average molecular weight is 204 g/mol. The highest BCUT2D eigenvalue weighted by Crippen LogP contribution is 2.09. The van der Waals surface area contributed by atoms with Crippen LogP contribution in [-0.2, 0) is 11.3 Å². The maximum absolute atomic E-state index is 11.5. The number of hydrogen-bond acceptors (Lipinski definition) is 3. The van der Waals surface area contributed by atoms with Gasteiger partial charge in [-0.15, -0.1) is 0 Å². The Hall–Kier alpha value is -1.91. The lowest BCUT2D eigenvalue weighted by molar-refractivity contribution is -0.129. The monoisotopic (exact) mass is 204 g/mol. The van der Waals surface area contributed by atoms with Crippen LogP contribution >= 0.6 is 0 Å². The second-order valence-corrected chi connectivity index (χ2v) is 3.51. The van der Waals surface area contributed by atoms with Crippen molar-refractivity contribution in [3.8, 4) is 0 Å². The van der Waals surface area contributed by atoms with Gasteiger partial charge >= 0.3 is 0 Å². The maximum Gasteiger partial charge on any atom is 0.243 e. The van der Waals surface area contributed by atoms with Gasteiger partial charge in [0.05, 0.1) is 6.20 Å². The molecule has 1 amide bonds. The largest absolute Gasteiger partial charge is 0.347 e. The van der Waals surface area contributed by atoms with Gasteiger partial charge in [0.15, 0.2) is 5.65 Å². The Morgan fingerprint density at radius 2 is 2.33 bits per heavy atom. The molecule has 0 atom stereocenters. The number of aromatic nitrogens is 3. The summed E-state index contributed by atoms with van der Waals surface area (Å²) in [5, 5.41) is 5.07. The lowest BCUT2D eigenvalue weighted by Crippen LogP contribution is -2.26. The summed E-state index contributed by atoms with van der Waals surface area (Å²) in [7, 11) is 3.45. The highest BCUT2D eigenvalue weighted by molar-refractivity contribution is 5.79. The first-order valence-electron chi connectivity index (χ1n) is 4.65. The van der Waals surface area contributed by atoms with Gasteiger partial charge in [0.1, 0.15) is 6.54 Å². The van der Waals surface area contributed by atoms with Gasteiger partial charge in [-0.2, -0.15) is 5.10 Å². The minimum absolute atomic E-state index is 0.00523. The van der Waals surface area contributed by atoms with Crippen molar-refractivity contribution in [1.82, 2.24) is 19.7 Å². The van der Waals surface area contributed by atoms with E-state index in [-0.39, 0.29) is 12.5 Å². The topological polar surface area (TPSA) is 51.0 Å². The molecule has 0 N–H and O–H groups in total. The fourth-order valence-corrected chi connectivity index (χ4v) is 1.30. The molecule has 5 nitrogen and oxygen atoms in total. The van der Waals surface area contributed by atoms with Crippen LogP contribution in [0.4, 0.5) is 0 Å². The summed E-state index contributed by atoms with van der Waals surface area (Å²) in [5.74, 6) is 0.00523. The summed E-state index contributed by atoms with van der Waals surface area (Å²) in [6.45, 7) is 0.230. The van der Waals surface area contributed by atoms with Gasteiger partial charge in [-0.3, -0.25) is 4.79 Å². The molecule has 0 saturated heterocycles. The molecule has 0 spiro atoms. The van der Waals surface area contributed by atoms with Crippen LogP contribution in [-0.4, -0.2) is 39.7 Å². The summed E-state index contributed by atoms with van der Waals surface area (Å²) < 4.78 is 1.61. The van der Waals surface area contributed by atoms with Crippen molar-refractivity contribution >= 4 is 16.9 Å². The molecule has 0 aliphatic carbocycles. The second kappa shape index (κ2) is 3.68. The van der Waals surface area contributed by atoms with Gasteiger partial charge in [-0.25, -0.2) is 9.67 Å². The molecule has 2 heterocycles. The zero-order valence-corrected chi connectivity index (χ0v) is 8.71. The molecule has 78 valence electrons. The Labute approximate surface area is 87.3 Å². The number of carbonyl (C=O) groups excluding carboxylic acids is 1. The van der Waals surface area contributed by atoms with Crippen LogP contribution < -0.4 is 0 Å². The normalized spacial score (nSPS) is 10.5. The molecule has 0 aliphatic heterocycles. The van der Waals surface area contributed by atoms with E-state index in [0.717, 1.165) is 11.0 Å². The van der Waals surface area contributed by atoms with Crippen LogP contribution in [0.25, 0.3) is 11.0 Å². The van der Waals surface area contributed by atoms with Crippen LogP contribution in [0, 0.1) is 0 Å². The molecule has 0 fully saturated rings. The van der Waals surface area contributed by atoms with E-state index in [2.05, 4.69) is 10.1 Å². The first-order chi connectivity index (χ1) is 7.18. The first kappa shape index (κ1) is 9.64. The van der Waals surface area contributed by atoms with E-state index in [1.54, 1.807) is 31.2 Å². The lowest BCUT2D eigenvalue weighted by Gasteiger charge is -2.09. The Morgan fingerprint density at radius 3 is 3.07 bits per heavy atom. The highest BCUT2D eigenvalue weighted by Gasteiger charge is 2.09. The van der Waals surface area contributed by atoms with E-state index in [1.165, 1.54) is 4.90 Å². The SMILES string of the molecule is CN(C)C(=O)Cn1ncc2cccnc21. The van der Waals surface area contributed by atoms with Gasteiger partial charge in [-0.05, 0) is 12.1 Å². The third kappa shape index (κ3) is 1.81. The average Bonchev–Trinajstić information content (AvgIpc) is 2.62. The maximum atomic E-state index is 11.5. The minimum Gasteiger partial charge on any atom is -0.347 e. The zero-order chi connectivity index (χ0) is 10.8. The smallest absolute Gasteiger partial charge is 0.243 e. The molecular formula is C10H12N4O. The number of hydrogen-bond donors (Lipinski definition) is 0. The molecule has 0 aromatic carbocycles. The predicted molar refractivity (Wildman–Crippen MR) is 56.2 cm³/mol. The van der Waals surface area contributed by atoms with Crippen molar-refractivity contribution in [2.75, 3.05) is 14.1 Å². The van der Waals surface area contributed by atoms with Gasteiger partial charge in [0.25, 0.3) is 0 Å². The summed E-state index contributed by atoms with van der Waals surface area (Å²) >= 11 is 0. The Bertz CT molecular complexity index is 489. The predicted octanol–water partition coefficient (Wildman–Crippen LogP) is 0.519. The van der Waals surface area contributed by atoms with Crippen molar-refractivity contribution in [2.45, 2.75) is 6.54 Å². The van der Waals surface area contributed by atoms with Crippen LogP contribution in [0.1, 0.15) is 0 Å². The standard InChI is InChI=1S/C10H12N4O/c1-13(2)9(15)7-14-10-8(6-12-14)4-3-5-11-10/h3-6H,7H2,1-2H3. The third-order valence-electron chi connectivity index (χ3n) is 2.18. The summed E-state index contributed by atoms with van der Waals surface area (Å²) in [4.78, 5) is 17.2. The van der Waals surface area contributed by atoms with Crippen LogP contribution in [0.5, 0.6) is 0 Å². The molecule has 15 heavy (non-hydrogen) atoms. The van der Waals surface area contributed by atoms with Crippen molar-refractivity contribution in [3.05, 3.63) is 24.5 Å². The first-order valence-corrected chi connectivity index (χ1v) is 4.65. The molecule has 0 aliphatic rings. The lowest BCUT2D eigenvalue weighted by atomic mass is 10.4. The van der Waals surface area contributed by atoms with E-state index in [1.807, 2.05) is 12.1 Å². The minimum atomic E-state index is 0.00523. The van der Waals surface area contributed by atoms with Gasteiger partial charge < -0.3 is 4.90 Å².